The van der Waals surface area contributed by atoms with Gasteiger partial charge in [0, 0.05) is 0 Å². The maximum atomic E-state index is 10.0. The summed E-state index contributed by atoms with van der Waals surface area (Å²) in [5, 5.41) is 20.0. The first-order chi connectivity index (χ1) is 12.6. The monoisotopic (exact) mass is 354 g/mol. The van der Waals surface area contributed by atoms with Crippen molar-refractivity contribution in [2.45, 2.75) is 78.1 Å². The molecule has 2 nitrogen and oxygen atoms in total. The third kappa shape index (κ3) is 6.40. The van der Waals surface area contributed by atoms with Gasteiger partial charge in [0.1, 0.15) is 11.5 Å². The first-order valence-corrected chi connectivity index (χ1v) is 10.1. The van der Waals surface area contributed by atoms with Crippen LogP contribution >= 0.6 is 0 Å². The second-order valence-electron chi connectivity index (χ2n) is 7.49. The highest BCUT2D eigenvalue weighted by Crippen LogP contribution is 2.24. The van der Waals surface area contributed by atoms with E-state index in [0.717, 1.165) is 47.9 Å². The summed E-state index contributed by atoms with van der Waals surface area (Å²) >= 11 is 0. The molecule has 0 saturated carbocycles. The molecule has 0 aliphatic carbocycles. The zero-order valence-electron chi connectivity index (χ0n) is 16.4. The summed E-state index contributed by atoms with van der Waals surface area (Å²) < 4.78 is 0. The molecule has 2 N–H and O–H groups in total. The van der Waals surface area contributed by atoms with E-state index in [1.54, 1.807) is 0 Å². The average Bonchev–Trinajstić information content (AvgIpc) is 2.63. The molecule has 2 rings (SSSR count). The van der Waals surface area contributed by atoms with Gasteiger partial charge in [0.2, 0.25) is 0 Å². The smallest absolute Gasteiger partial charge is 0.121 e. The Kier molecular flexibility index (Phi) is 8.53. The van der Waals surface area contributed by atoms with Crippen molar-refractivity contribution in [2.24, 2.45) is 0 Å². The normalized spacial score (nSPS) is 11.0. The molecule has 0 atom stereocenters. The number of phenols is 2. The number of hydrogen-bond donors (Lipinski definition) is 2. The number of rotatable bonds is 11. The van der Waals surface area contributed by atoms with Gasteiger partial charge < -0.3 is 10.2 Å². The minimum Gasteiger partial charge on any atom is -0.507 e. The molecule has 0 aliphatic rings. The predicted molar refractivity (Wildman–Crippen MR) is 110 cm³/mol. The van der Waals surface area contributed by atoms with Crippen LogP contribution in [0.2, 0.25) is 0 Å². The van der Waals surface area contributed by atoms with Crippen LogP contribution in [-0.2, 0) is 12.8 Å². The van der Waals surface area contributed by atoms with Gasteiger partial charge in [-0.25, -0.2) is 0 Å². The highest BCUT2D eigenvalue weighted by atomic mass is 16.3. The lowest BCUT2D eigenvalue weighted by Gasteiger charge is -2.07. The van der Waals surface area contributed by atoms with Gasteiger partial charge in [-0.2, -0.15) is 0 Å². The Morgan fingerprint density at radius 3 is 1.27 bits per heavy atom. The summed E-state index contributed by atoms with van der Waals surface area (Å²) in [4.78, 5) is 0. The van der Waals surface area contributed by atoms with E-state index >= 15 is 0 Å². The van der Waals surface area contributed by atoms with Gasteiger partial charge in [0.25, 0.3) is 0 Å². The highest BCUT2D eigenvalue weighted by molar-refractivity contribution is 5.40. The molecule has 0 unspecified atom stereocenters. The maximum Gasteiger partial charge on any atom is 0.121 e. The fourth-order valence-corrected chi connectivity index (χ4v) is 3.53. The average molecular weight is 355 g/mol. The number of aromatic hydroxyl groups is 2. The molecule has 0 fully saturated rings. The zero-order valence-corrected chi connectivity index (χ0v) is 16.4. The standard InChI is InChI=1S/C24H34O2/c1-19-13-11-17-21(23(19)25)15-9-7-5-3-4-6-8-10-16-22-18-12-14-20(2)24(22)26/h11-14,17-18,25-26H,3-10,15-16H2,1-2H3. The Bertz CT molecular complexity index is 616. The number of phenolic OH excluding ortho intramolecular Hbond substituents is 2. The van der Waals surface area contributed by atoms with E-state index in [1.165, 1.54) is 38.5 Å². The van der Waals surface area contributed by atoms with Crippen LogP contribution in [0.15, 0.2) is 36.4 Å². The molecule has 0 spiro atoms. The second-order valence-corrected chi connectivity index (χ2v) is 7.49. The van der Waals surface area contributed by atoms with E-state index in [-0.39, 0.29) is 0 Å². The third-order valence-corrected chi connectivity index (χ3v) is 5.28. The highest BCUT2D eigenvalue weighted by Gasteiger charge is 2.04. The molecule has 0 heterocycles. The Morgan fingerprint density at radius 1 is 0.538 bits per heavy atom. The minimum absolute atomic E-state index is 0.479. The Hall–Kier alpha value is -1.96. The zero-order chi connectivity index (χ0) is 18.8. The van der Waals surface area contributed by atoms with Crippen LogP contribution in [0.3, 0.4) is 0 Å². The van der Waals surface area contributed by atoms with Crippen LogP contribution < -0.4 is 0 Å². The molecular formula is C24H34O2. The quantitative estimate of drug-likeness (QED) is 0.445. The lowest BCUT2D eigenvalue weighted by molar-refractivity contribution is 0.460. The van der Waals surface area contributed by atoms with Gasteiger partial charge in [-0.15, -0.1) is 0 Å². The van der Waals surface area contributed by atoms with Crippen LogP contribution in [0.25, 0.3) is 0 Å². The van der Waals surface area contributed by atoms with Gasteiger partial charge in [0.15, 0.2) is 0 Å². The van der Waals surface area contributed by atoms with Gasteiger partial charge in [0.05, 0.1) is 0 Å². The van der Waals surface area contributed by atoms with Crippen LogP contribution in [0.1, 0.15) is 73.6 Å². The SMILES string of the molecule is Cc1cccc(CCCCCCCCCCc2cccc(C)c2O)c1O. The number of benzene rings is 2. The largest absolute Gasteiger partial charge is 0.507 e. The summed E-state index contributed by atoms with van der Waals surface area (Å²) in [6.45, 7) is 3.91. The summed E-state index contributed by atoms with van der Waals surface area (Å²) in [7, 11) is 0. The molecule has 0 saturated heterocycles. The van der Waals surface area contributed by atoms with Crippen molar-refractivity contribution in [3.63, 3.8) is 0 Å². The number of para-hydroxylation sites is 2. The fourth-order valence-electron chi connectivity index (χ4n) is 3.53. The van der Waals surface area contributed by atoms with Crippen molar-refractivity contribution < 1.29 is 10.2 Å². The van der Waals surface area contributed by atoms with E-state index < -0.39 is 0 Å². The Balaban J connectivity index is 1.48. The molecule has 142 valence electrons. The summed E-state index contributed by atoms with van der Waals surface area (Å²) in [5.74, 6) is 0.958. The van der Waals surface area contributed by atoms with Crippen molar-refractivity contribution in [2.75, 3.05) is 0 Å². The molecular weight excluding hydrogens is 320 g/mol. The summed E-state index contributed by atoms with van der Waals surface area (Å²) in [6.07, 6.45) is 11.9. The Morgan fingerprint density at radius 2 is 0.885 bits per heavy atom. The molecule has 2 heteroatoms. The van der Waals surface area contributed by atoms with E-state index in [2.05, 4.69) is 0 Å². The van der Waals surface area contributed by atoms with Gasteiger partial charge in [-0.05, 0) is 61.8 Å². The lowest BCUT2D eigenvalue weighted by atomic mass is 10.0. The molecule has 0 amide bonds. The van der Waals surface area contributed by atoms with Crippen molar-refractivity contribution in [3.8, 4) is 11.5 Å². The molecule has 2 aromatic carbocycles. The van der Waals surface area contributed by atoms with Crippen molar-refractivity contribution in [1.29, 1.82) is 0 Å². The van der Waals surface area contributed by atoms with Gasteiger partial charge >= 0.3 is 0 Å². The topological polar surface area (TPSA) is 40.5 Å². The van der Waals surface area contributed by atoms with Crippen molar-refractivity contribution in [1.82, 2.24) is 0 Å². The lowest BCUT2D eigenvalue weighted by Crippen LogP contribution is -1.90. The van der Waals surface area contributed by atoms with Gasteiger partial charge in [-0.1, -0.05) is 74.9 Å². The van der Waals surface area contributed by atoms with E-state index in [0.29, 0.717) is 11.5 Å². The summed E-state index contributed by atoms with van der Waals surface area (Å²) in [6, 6.07) is 12.0. The molecule has 0 radical (unpaired) electrons. The maximum absolute atomic E-state index is 10.0. The first-order valence-electron chi connectivity index (χ1n) is 10.1. The molecule has 0 aromatic heterocycles. The molecule has 2 aromatic rings. The fraction of sp³-hybridized carbons (Fsp3) is 0.500. The van der Waals surface area contributed by atoms with Crippen LogP contribution in [0.5, 0.6) is 11.5 Å². The Labute approximate surface area is 158 Å². The molecule has 0 bridgehead atoms. The van der Waals surface area contributed by atoms with E-state index in [4.69, 9.17) is 0 Å². The van der Waals surface area contributed by atoms with E-state index in [1.807, 2.05) is 50.2 Å². The minimum atomic E-state index is 0.479. The predicted octanol–water partition coefficient (Wildman–Crippen LogP) is 6.62. The third-order valence-electron chi connectivity index (χ3n) is 5.28. The van der Waals surface area contributed by atoms with Crippen LogP contribution in [-0.4, -0.2) is 10.2 Å². The van der Waals surface area contributed by atoms with Gasteiger partial charge in [-0.3, -0.25) is 0 Å². The van der Waals surface area contributed by atoms with Crippen molar-refractivity contribution >= 4 is 0 Å². The first kappa shape index (κ1) is 20.4. The van der Waals surface area contributed by atoms with Crippen molar-refractivity contribution in [3.05, 3.63) is 58.7 Å². The number of unbranched alkanes of at least 4 members (excludes halogenated alkanes) is 7. The van der Waals surface area contributed by atoms with Crippen LogP contribution in [0.4, 0.5) is 0 Å². The number of aryl methyl sites for hydroxylation is 4. The summed E-state index contributed by atoms with van der Waals surface area (Å²) in [5.41, 5.74) is 4.12. The second kappa shape index (κ2) is 10.9. The molecule has 0 aliphatic heterocycles. The van der Waals surface area contributed by atoms with E-state index in [9.17, 15) is 10.2 Å². The number of hydrogen-bond acceptors (Lipinski definition) is 2. The van der Waals surface area contributed by atoms with Crippen LogP contribution in [0, 0.1) is 13.8 Å². The molecule has 26 heavy (non-hydrogen) atoms.